The molecule has 2 aromatic carbocycles. The third-order valence-corrected chi connectivity index (χ3v) is 9.74. The van der Waals surface area contributed by atoms with Gasteiger partial charge >= 0.3 is 17.2 Å². The van der Waals surface area contributed by atoms with Crippen LogP contribution in [0.15, 0.2) is 36.4 Å². The second-order valence-electron chi connectivity index (χ2n) is 16.5. The van der Waals surface area contributed by atoms with Gasteiger partial charge in [0.25, 0.3) is 0 Å². The number of aliphatic hydroxyl groups excluding tert-OH is 3. The largest absolute Gasteiger partial charge is 0.395 e. The number of hydrogen-bond donors (Lipinski definition) is 8. The fourth-order valence-electron chi connectivity index (χ4n) is 5.52. The number of hydrogen-bond acceptors (Lipinski definition) is 9. The molecular weight excluding hydrogens is 626 g/mol. The second kappa shape index (κ2) is 16.1. The first-order chi connectivity index (χ1) is 20.7. The van der Waals surface area contributed by atoms with Gasteiger partial charge in [0.2, 0.25) is 0 Å². The lowest BCUT2D eigenvalue weighted by atomic mass is 9.64. The topological polar surface area (TPSA) is 171 Å². The Kier molecular flexibility index (Phi) is 15.0. The molecule has 0 saturated carbocycles. The fraction of sp³-hybridized carbons (Fsp3) is 0.657. The predicted molar refractivity (Wildman–Crippen MR) is 188 cm³/mol. The maximum Gasteiger partial charge on any atom is 0.334 e. The highest BCUT2D eigenvalue weighted by Gasteiger charge is 2.50. The van der Waals surface area contributed by atoms with E-state index in [0.29, 0.717) is 0 Å². The minimum absolute atomic E-state index is 0.0315. The van der Waals surface area contributed by atoms with Crippen LogP contribution in [0.25, 0.3) is 0 Å². The van der Waals surface area contributed by atoms with Crippen LogP contribution < -0.4 is 0 Å². The highest BCUT2D eigenvalue weighted by Crippen LogP contribution is 2.43. The van der Waals surface area contributed by atoms with Crippen LogP contribution in [-0.2, 0) is 38.8 Å². The minimum Gasteiger partial charge on any atom is -0.395 e. The summed E-state index contributed by atoms with van der Waals surface area (Å²) in [6, 6.07) is 12.8. The highest BCUT2D eigenvalue weighted by molar-refractivity contribution is 7.53. The maximum atomic E-state index is 12.6. The first-order valence-corrected chi connectivity index (χ1v) is 17.9. The van der Waals surface area contributed by atoms with Crippen molar-refractivity contribution in [2.45, 2.75) is 123 Å². The van der Waals surface area contributed by atoms with Gasteiger partial charge in [-0.05, 0) is 55.0 Å². The molecule has 0 radical (unpaired) electrons. The van der Waals surface area contributed by atoms with Crippen LogP contribution in [0.3, 0.4) is 0 Å². The fourth-order valence-corrected chi connectivity index (χ4v) is 6.04. The van der Waals surface area contributed by atoms with E-state index in [4.69, 9.17) is 19.6 Å². The molecule has 0 unspecified atom stereocenters. The normalized spacial score (nSPS) is 13.7. The van der Waals surface area contributed by atoms with Gasteiger partial charge in [0.1, 0.15) is 0 Å². The Hall–Kier alpha value is -1.06. The van der Waals surface area contributed by atoms with E-state index in [0.717, 1.165) is 22.3 Å². The van der Waals surface area contributed by atoms with E-state index < -0.39 is 48.0 Å². The summed E-state index contributed by atoms with van der Waals surface area (Å²) < 4.78 is 3.60. The third kappa shape index (κ3) is 11.5. The molecule has 0 bridgehead atoms. The highest BCUT2D eigenvalue weighted by atomic mass is 31.2. The summed E-state index contributed by atoms with van der Waals surface area (Å²) in [6.07, 6.45) is 0.382. The molecule has 0 atom stereocenters. The summed E-state index contributed by atoms with van der Waals surface area (Å²) in [5, 5.41) is 44.2. The molecule has 0 aliphatic rings. The summed E-state index contributed by atoms with van der Waals surface area (Å²) in [6.45, 7) is 24.5. The summed E-state index contributed by atoms with van der Waals surface area (Å²) in [5.74, 6) is 0. The summed E-state index contributed by atoms with van der Waals surface area (Å²) >= 11 is 0. The Morgan fingerprint density at radius 2 is 0.826 bits per heavy atom. The van der Waals surface area contributed by atoms with Gasteiger partial charge in [-0.25, -0.2) is 4.31 Å². The van der Waals surface area contributed by atoms with Crippen molar-refractivity contribution in [2.75, 3.05) is 19.8 Å². The molecule has 0 aliphatic carbocycles. The molecule has 0 amide bonds. The van der Waals surface area contributed by atoms with E-state index in [1.54, 1.807) is 0 Å². The molecule has 9 nitrogen and oxygen atoms in total. The Balaban J connectivity index is 0.00000135. The van der Waals surface area contributed by atoms with Crippen molar-refractivity contribution in [1.82, 2.24) is 0 Å². The van der Waals surface area contributed by atoms with Crippen LogP contribution in [0.4, 0.5) is 0 Å². The lowest BCUT2D eigenvalue weighted by molar-refractivity contribution is -0.152. The maximum absolute atomic E-state index is 12.6. The molecule has 46 heavy (non-hydrogen) atoms. The zero-order valence-electron chi connectivity index (χ0n) is 29.9. The van der Waals surface area contributed by atoms with Crippen LogP contribution in [0.2, 0.25) is 0 Å². The molecule has 0 heterocycles. The monoisotopic (exact) mass is 686 g/mol. The average molecular weight is 687 g/mol. The van der Waals surface area contributed by atoms with Gasteiger partial charge in [0.05, 0.1) is 30.8 Å². The Labute approximate surface area is 279 Å². The molecule has 0 spiro atoms. The van der Waals surface area contributed by atoms with Crippen molar-refractivity contribution in [1.29, 1.82) is 0 Å². The molecular formula is C35H60O9P2. The van der Waals surface area contributed by atoms with Gasteiger partial charge in [-0.1, -0.05) is 119 Å². The van der Waals surface area contributed by atoms with Gasteiger partial charge in [-0.2, -0.15) is 0 Å². The van der Waals surface area contributed by atoms with E-state index >= 15 is 0 Å². The molecule has 2 aromatic rings. The van der Waals surface area contributed by atoms with Crippen LogP contribution in [0.1, 0.15) is 116 Å². The van der Waals surface area contributed by atoms with Crippen LogP contribution in [-0.4, -0.2) is 65.4 Å². The van der Waals surface area contributed by atoms with Gasteiger partial charge in [-0.3, -0.25) is 0 Å². The molecule has 264 valence electrons. The van der Waals surface area contributed by atoms with E-state index in [-0.39, 0.29) is 34.5 Å². The van der Waals surface area contributed by atoms with E-state index in [9.17, 15) is 20.4 Å². The zero-order valence-corrected chi connectivity index (χ0v) is 31.7. The van der Waals surface area contributed by atoms with Crippen molar-refractivity contribution in [3.05, 3.63) is 69.8 Å². The molecule has 0 aliphatic heterocycles. The summed E-state index contributed by atoms with van der Waals surface area (Å²) in [7, 11) is -5.22. The predicted octanol–water partition coefficient (Wildman–Crippen LogP) is 5.78. The van der Waals surface area contributed by atoms with Gasteiger partial charge in [0.15, 0.2) is 0 Å². The standard InChI is InChI=1S/C35H56O4.H4O5P2/c1-30(2,3)26-15-13-24(28(17-26)32(7,8)9)19-35(39,34(21-36,22-37)23-38)20-25-14-16-27(31(4,5)6)18-29(25)33(10,11)12;1-6(2)5-7(3)4/h13-18,36-39H,19-23H2,1-12H3;1-4H. The van der Waals surface area contributed by atoms with E-state index in [1.807, 2.05) is 0 Å². The van der Waals surface area contributed by atoms with Gasteiger partial charge < -0.3 is 40.0 Å². The lowest BCUT2D eigenvalue weighted by Gasteiger charge is -2.46. The smallest absolute Gasteiger partial charge is 0.334 e. The van der Waals surface area contributed by atoms with Crippen LogP contribution in [0, 0.1) is 5.41 Å². The van der Waals surface area contributed by atoms with Gasteiger partial charge in [0, 0.05) is 12.8 Å². The summed E-state index contributed by atoms with van der Waals surface area (Å²) in [5.41, 5.74) is 3.03. The van der Waals surface area contributed by atoms with Crippen molar-refractivity contribution < 1.29 is 44.3 Å². The van der Waals surface area contributed by atoms with Crippen LogP contribution in [0.5, 0.6) is 0 Å². The molecule has 11 heteroatoms. The lowest BCUT2D eigenvalue weighted by Crippen LogP contribution is -2.58. The summed E-state index contributed by atoms with van der Waals surface area (Å²) in [4.78, 5) is 31.3. The van der Waals surface area contributed by atoms with Crippen molar-refractivity contribution >= 4 is 17.2 Å². The molecule has 0 fully saturated rings. The van der Waals surface area contributed by atoms with Crippen molar-refractivity contribution in [3.8, 4) is 0 Å². The SMILES string of the molecule is CC(C)(C)c1ccc(CC(O)(Cc2ccc(C(C)(C)C)cc2C(C)(C)C)C(CO)(CO)CO)c(C(C)(C)C)c1.OP(O)OP(O)O. The van der Waals surface area contributed by atoms with Crippen LogP contribution >= 0.6 is 17.2 Å². The zero-order chi connectivity index (χ0) is 36.1. The third-order valence-electron chi connectivity index (χ3n) is 8.57. The quantitative estimate of drug-likeness (QED) is 0.144. The molecule has 0 aromatic heterocycles. The first-order valence-electron chi connectivity index (χ1n) is 15.5. The van der Waals surface area contributed by atoms with Gasteiger partial charge in [-0.15, -0.1) is 0 Å². The Morgan fingerprint density at radius 1 is 0.522 bits per heavy atom. The van der Waals surface area contributed by atoms with Crippen molar-refractivity contribution in [3.63, 3.8) is 0 Å². The van der Waals surface area contributed by atoms with E-state index in [2.05, 4.69) is 124 Å². The van der Waals surface area contributed by atoms with Crippen molar-refractivity contribution in [2.24, 2.45) is 5.41 Å². The first kappa shape index (κ1) is 43.0. The second-order valence-corrected chi connectivity index (χ2v) is 18.1. The Morgan fingerprint density at radius 3 is 1.02 bits per heavy atom. The number of benzene rings is 2. The Bertz CT molecular complexity index is 1150. The average Bonchev–Trinajstić information content (AvgIpc) is 2.87. The molecule has 2 rings (SSSR count). The molecule has 8 N–H and O–H groups in total. The number of rotatable bonds is 10. The number of aliphatic hydroxyl groups is 4. The van der Waals surface area contributed by atoms with E-state index in [1.165, 1.54) is 11.1 Å². The molecule has 0 saturated heterocycles. The minimum atomic E-state index is -2.61.